The fraction of sp³-hybridized carbons (Fsp3) is 0.188. The Hall–Kier alpha value is -1.74. The lowest BCUT2D eigenvalue weighted by Crippen LogP contribution is -2.11. The molecule has 1 N–H and O–H groups in total. The maximum atomic E-state index is 12.2. The molecule has 1 atom stereocenters. The molecule has 0 aromatic heterocycles. The molecule has 1 unspecified atom stereocenters. The Balaban J connectivity index is 1.70. The molecule has 2 aromatic rings. The van der Waals surface area contributed by atoms with Crippen LogP contribution in [0.4, 0.5) is 0 Å². The van der Waals surface area contributed by atoms with Crippen LogP contribution in [0.3, 0.4) is 0 Å². The lowest BCUT2D eigenvalue weighted by molar-refractivity contribution is 0.100. The molecule has 0 spiro atoms. The standard InChI is InChI=1S/C16H14O2S/c17-13-6-7-14-12(8-13)9-15(16(14)18)19-10-11-4-2-1-3-5-11/h1-8,15,17H,9-10H2. The molecule has 0 saturated heterocycles. The summed E-state index contributed by atoms with van der Waals surface area (Å²) < 4.78 is 0. The highest BCUT2D eigenvalue weighted by atomic mass is 32.2. The molecule has 0 aliphatic heterocycles. The summed E-state index contributed by atoms with van der Waals surface area (Å²) in [7, 11) is 0. The van der Waals surface area contributed by atoms with Gasteiger partial charge >= 0.3 is 0 Å². The van der Waals surface area contributed by atoms with Gasteiger partial charge in [0.05, 0.1) is 5.25 Å². The van der Waals surface area contributed by atoms with Gasteiger partial charge in [0.25, 0.3) is 0 Å². The summed E-state index contributed by atoms with van der Waals surface area (Å²) in [6.45, 7) is 0. The first-order valence-corrected chi connectivity index (χ1v) is 7.30. The van der Waals surface area contributed by atoms with Crippen LogP contribution in [-0.2, 0) is 12.2 Å². The summed E-state index contributed by atoms with van der Waals surface area (Å²) in [4.78, 5) is 12.2. The highest BCUT2D eigenvalue weighted by Crippen LogP contribution is 2.33. The third-order valence-corrected chi connectivity index (χ3v) is 4.63. The number of thioether (sulfide) groups is 1. The molecule has 0 fully saturated rings. The first-order chi connectivity index (χ1) is 9.24. The van der Waals surface area contributed by atoms with Crippen molar-refractivity contribution in [3.05, 3.63) is 65.2 Å². The Morgan fingerprint density at radius 3 is 2.74 bits per heavy atom. The number of phenolic OH excluding ortho intramolecular Hbond substituents is 1. The molecule has 1 aliphatic rings. The van der Waals surface area contributed by atoms with E-state index in [-0.39, 0.29) is 16.8 Å². The molecule has 3 heteroatoms. The predicted octanol–water partition coefficient (Wildman–Crippen LogP) is 3.43. The van der Waals surface area contributed by atoms with Gasteiger partial charge in [-0.2, -0.15) is 0 Å². The Bertz CT molecular complexity index is 607. The Labute approximate surface area is 116 Å². The minimum absolute atomic E-state index is 0.0167. The number of hydrogen-bond acceptors (Lipinski definition) is 3. The zero-order valence-electron chi connectivity index (χ0n) is 10.4. The van der Waals surface area contributed by atoms with Gasteiger partial charge in [0.1, 0.15) is 5.75 Å². The zero-order chi connectivity index (χ0) is 13.2. The number of carbonyl (C=O) groups is 1. The number of carbonyl (C=O) groups excluding carboxylic acids is 1. The molecule has 2 aromatic carbocycles. The molecule has 1 aliphatic carbocycles. The van der Waals surface area contributed by atoms with E-state index in [9.17, 15) is 9.90 Å². The van der Waals surface area contributed by atoms with Crippen molar-refractivity contribution in [3.63, 3.8) is 0 Å². The topological polar surface area (TPSA) is 37.3 Å². The number of phenols is 1. The van der Waals surface area contributed by atoms with E-state index in [0.717, 1.165) is 23.3 Å². The second-order valence-corrected chi connectivity index (χ2v) is 5.89. The maximum absolute atomic E-state index is 12.2. The van der Waals surface area contributed by atoms with E-state index in [2.05, 4.69) is 12.1 Å². The summed E-state index contributed by atoms with van der Waals surface area (Å²) in [5, 5.41) is 9.44. The number of Topliss-reactive ketones (excluding diaryl/α,β-unsaturated/α-hetero) is 1. The molecular weight excluding hydrogens is 256 g/mol. The average Bonchev–Trinajstić information content (AvgIpc) is 2.74. The van der Waals surface area contributed by atoms with E-state index in [1.165, 1.54) is 5.56 Å². The molecule has 0 heterocycles. The van der Waals surface area contributed by atoms with Crippen LogP contribution in [0.5, 0.6) is 5.75 Å². The third kappa shape index (κ3) is 2.51. The number of rotatable bonds is 3. The molecular formula is C16H14O2S. The van der Waals surface area contributed by atoms with Crippen molar-refractivity contribution >= 4 is 17.5 Å². The van der Waals surface area contributed by atoms with Crippen LogP contribution in [0.1, 0.15) is 21.5 Å². The second-order valence-electron chi connectivity index (χ2n) is 4.70. The van der Waals surface area contributed by atoms with Crippen molar-refractivity contribution in [1.82, 2.24) is 0 Å². The van der Waals surface area contributed by atoms with Crippen LogP contribution in [0.15, 0.2) is 48.5 Å². The highest BCUT2D eigenvalue weighted by Gasteiger charge is 2.30. The van der Waals surface area contributed by atoms with E-state index in [1.807, 2.05) is 18.2 Å². The van der Waals surface area contributed by atoms with Gasteiger partial charge in [0, 0.05) is 11.3 Å². The SMILES string of the molecule is O=C1c2ccc(O)cc2CC1SCc1ccccc1. The molecule has 0 radical (unpaired) electrons. The number of benzene rings is 2. The second kappa shape index (κ2) is 5.10. The molecule has 3 rings (SSSR count). The Morgan fingerprint density at radius 1 is 1.16 bits per heavy atom. The molecule has 0 amide bonds. The van der Waals surface area contributed by atoms with Gasteiger partial charge in [-0.25, -0.2) is 0 Å². The van der Waals surface area contributed by atoms with Crippen LogP contribution in [0.25, 0.3) is 0 Å². The fourth-order valence-corrected chi connectivity index (χ4v) is 3.52. The van der Waals surface area contributed by atoms with E-state index in [4.69, 9.17) is 0 Å². The van der Waals surface area contributed by atoms with Crippen LogP contribution >= 0.6 is 11.8 Å². The number of aromatic hydroxyl groups is 1. The van der Waals surface area contributed by atoms with Gasteiger partial charge in [-0.1, -0.05) is 30.3 Å². The minimum Gasteiger partial charge on any atom is -0.508 e. The first-order valence-electron chi connectivity index (χ1n) is 6.25. The third-order valence-electron chi connectivity index (χ3n) is 3.35. The van der Waals surface area contributed by atoms with E-state index < -0.39 is 0 Å². The average molecular weight is 270 g/mol. The van der Waals surface area contributed by atoms with E-state index in [0.29, 0.717) is 0 Å². The Kier molecular flexibility index (Phi) is 3.30. The number of ketones is 1. The number of hydrogen-bond donors (Lipinski definition) is 1. The van der Waals surface area contributed by atoms with Gasteiger partial charge in [0.15, 0.2) is 5.78 Å². The van der Waals surface area contributed by atoms with Crippen LogP contribution in [0.2, 0.25) is 0 Å². The maximum Gasteiger partial charge on any atom is 0.176 e. The quantitative estimate of drug-likeness (QED) is 0.928. The fourth-order valence-electron chi connectivity index (χ4n) is 2.36. The van der Waals surface area contributed by atoms with Crippen molar-refractivity contribution in [2.45, 2.75) is 17.4 Å². The zero-order valence-corrected chi connectivity index (χ0v) is 11.2. The van der Waals surface area contributed by atoms with Crippen molar-refractivity contribution in [2.24, 2.45) is 0 Å². The smallest absolute Gasteiger partial charge is 0.176 e. The van der Waals surface area contributed by atoms with Crippen molar-refractivity contribution in [3.8, 4) is 5.75 Å². The van der Waals surface area contributed by atoms with Gasteiger partial charge in [-0.3, -0.25) is 4.79 Å². The summed E-state index contributed by atoms with van der Waals surface area (Å²) in [5.41, 5.74) is 2.97. The van der Waals surface area contributed by atoms with Crippen LogP contribution in [0, 0.1) is 0 Å². The molecule has 96 valence electrons. The lowest BCUT2D eigenvalue weighted by atomic mass is 10.1. The Morgan fingerprint density at radius 2 is 1.95 bits per heavy atom. The van der Waals surface area contributed by atoms with Gasteiger partial charge < -0.3 is 5.11 Å². The van der Waals surface area contributed by atoms with Crippen molar-refractivity contribution in [2.75, 3.05) is 0 Å². The van der Waals surface area contributed by atoms with Gasteiger partial charge in [-0.15, -0.1) is 11.8 Å². The predicted molar refractivity (Wildman–Crippen MR) is 77.7 cm³/mol. The summed E-state index contributed by atoms with van der Waals surface area (Å²) in [5.74, 6) is 1.27. The first kappa shape index (κ1) is 12.3. The summed E-state index contributed by atoms with van der Waals surface area (Å²) in [6, 6.07) is 15.2. The highest BCUT2D eigenvalue weighted by molar-refractivity contribution is 7.99. The molecule has 0 bridgehead atoms. The summed E-state index contributed by atoms with van der Waals surface area (Å²) in [6.07, 6.45) is 0.722. The molecule has 19 heavy (non-hydrogen) atoms. The van der Waals surface area contributed by atoms with Gasteiger partial charge in [-0.05, 0) is 35.7 Å². The van der Waals surface area contributed by atoms with E-state index >= 15 is 0 Å². The lowest BCUT2D eigenvalue weighted by Gasteiger charge is -2.07. The normalized spacial score (nSPS) is 17.5. The summed E-state index contributed by atoms with van der Waals surface area (Å²) >= 11 is 1.68. The van der Waals surface area contributed by atoms with Crippen molar-refractivity contribution in [1.29, 1.82) is 0 Å². The molecule has 2 nitrogen and oxygen atoms in total. The monoisotopic (exact) mass is 270 g/mol. The largest absolute Gasteiger partial charge is 0.508 e. The van der Waals surface area contributed by atoms with E-state index in [1.54, 1.807) is 30.0 Å². The van der Waals surface area contributed by atoms with Crippen LogP contribution in [-0.4, -0.2) is 16.1 Å². The minimum atomic E-state index is -0.0167. The number of fused-ring (bicyclic) bond motifs is 1. The van der Waals surface area contributed by atoms with Crippen molar-refractivity contribution < 1.29 is 9.90 Å². The van der Waals surface area contributed by atoms with Crippen LogP contribution < -0.4 is 0 Å². The molecule has 0 saturated carbocycles. The van der Waals surface area contributed by atoms with Gasteiger partial charge in [0.2, 0.25) is 0 Å².